The number of nitrogens with zero attached hydrogens (tertiary/aromatic N) is 4. The molecule has 0 radical (unpaired) electrons. The monoisotopic (exact) mass is 468 g/mol. The quantitative estimate of drug-likeness (QED) is 0.400. The van der Waals surface area contributed by atoms with Gasteiger partial charge in [0.25, 0.3) is 5.91 Å². The highest BCUT2D eigenvalue weighted by atomic mass is 35.5. The zero-order valence-corrected chi connectivity index (χ0v) is 19.0. The lowest BCUT2D eigenvalue weighted by Crippen LogP contribution is -2.32. The number of thiazole rings is 1. The first-order chi connectivity index (χ1) is 15.6. The Morgan fingerprint density at radius 2 is 2.06 bits per heavy atom. The van der Waals surface area contributed by atoms with Crippen LogP contribution < -0.4 is 14.4 Å². The summed E-state index contributed by atoms with van der Waals surface area (Å²) in [6.45, 7) is 4.22. The maximum absolute atomic E-state index is 13.6. The molecule has 5 rings (SSSR count). The fourth-order valence-corrected chi connectivity index (χ4v) is 4.99. The summed E-state index contributed by atoms with van der Waals surface area (Å²) in [6, 6.07) is 9.10. The van der Waals surface area contributed by atoms with Crippen LogP contribution in [0.2, 0.25) is 5.02 Å². The van der Waals surface area contributed by atoms with E-state index in [1.807, 2.05) is 29.8 Å². The molecule has 2 aromatic carbocycles. The van der Waals surface area contributed by atoms with Crippen LogP contribution >= 0.6 is 22.9 Å². The van der Waals surface area contributed by atoms with E-state index < -0.39 is 0 Å². The van der Waals surface area contributed by atoms with Crippen LogP contribution in [-0.2, 0) is 6.54 Å². The summed E-state index contributed by atoms with van der Waals surface area (Å²) < 4.78 is 14.1. The summed E-state index contributed by atoms with van der Waals surface area (Å²) in [5, 5.41) is 1.27. The highest BCUT2D eigenvalue weighted by molar-refractivity contribution is 7.23. The number of aryl methyl sites for hydroxylation is 2. The summed E-state index contributed by atoms with van der Waals surface area (Å²) in [4.78, 5) is 24.2. The van der Waals surface area contributed by atoms with Gasteiger partial charge in [0.15, 0.2) is 16.6 Å². The van der Waals surface area contributed by atoms with Crippen LogP contribution in [0.5, 0.6) is 11.5 Å². The van der Waals surface area contributed by atoms with Gasteiger partial charge in [0.1, 0.15) is 13.2 Å². The molecule has 4 aromatic rings. The Morgan fingerprint density at radius 1 is 1.22 bits per heavy atom. The number of halogens is 1. The van der Waals surface area contributed by atoms with Crippen LogP contribution in [0.4, 0.5) is 5.13 Å². The molecule has 1 aliphatic heterocycles. The van der Waals surface area contributed by atoms with Crippen LogP contribution in [0.1, 0.15) is 22.3 Å². The van der Waals surface area contributed by atoms with E-state index in [0.29, 0.717) is 47.0 Å². The number of benzene rings is 2. The number of hydrogen-bond acceptors (Lipinski definition) is 6. The van der Waals surface area contributed by atoms with Gasteiger partial charge in [-0.3, -0.25) is 9.69 Å². The Bertz CT molecular complexity index is 1230. The number of anilines is 1. The number of rotatable bonds is 6. The minimum absolute atomic E-state index is 0.138. The fourth-order valence-electron chi connectivity index (χ4n) is 3.65. The molecule has 7 nitrogen and oxygen atoms in total. The van der Waals surface area contributed by atoms with Gasteiger partial charge in [0, 0.05) is 31.0 Å². The maximum Gasteiger partial charge on any atom is 0.260 e. The molecule has 3 heterocycles. The zero-order valence-electron chi connectivity index (χ0n) is 17.5. The minimum Gasteiger partial charge on any atom is -0.486 e. The molecule has 0 atom stereocenters. The van der Waals surface area contributed by atoms with E-state index in [-0.39, 0.29) is 5.91 Å². The van der Waals surface area contributed by atoms with Gasteiger partial charge in [0.05, 0.1) is 21.6 Å². The van der Waals surface area contributed by atoms with Crippen LogP contribution in [0.3, 0.4) is 0 Å². The van der Waals surface area contributed by atoms with Gasteiger partial charge in [-0.05, 0) is 43.2 Å². The number of amides is 1. The van der Waals surface area contributed by atoms with E-state index in [0.717, 1.165) is 28.7 Å². The number of carbonyl (C=O) groups excluding carboxylic acids is 1. The smallest absolute Gasteiger partial charge is 0.260 e. The van der Waals surface area contributed by atoms with Crippen molar-refractivity contribution in [2.45, 2.75) is 19.9 Å². The fraction of sp³-hybridized carbons (Fsp3) is 0.261. The molecule has 9 heteroatoms. The van der Waals surface area contributed by atoms with Crippen molar-refractivity contribution in [3.63, 3.8) is 0 Å². The molecule has 0 N–H and O–H groups in total. The first kappa shape index (κ1) is 20.8. The Hall–Kier alpha value is -3.10. The predicted octanol–water partition coefficient (Wildman–Crippen LogP) is 4.96. The molecular formula is C23H21ClN4O3S. The van der Waals surface area contributed by atoms with Gasteiger partial charge in [0.2, 0.25) is 0 Å². The summed E-state index contributed by atoms with van der Waals surface area (Å²) in [6.07, 6.45) is 6.17. The first-order valence-electron chi connectivity index (χ1n) is 10.3. The molecular weight excluding hydrogens is 448 g/mol. The SMILES string of the molecule is Cc1ccc(Cl)c2sc(N(CCCn3ccnc3)C(=O)c3ccc4c(c3)OCCO4)nc12. The number of ether oxygens (including phenoxy) is 2. The summed E-state index contributed by atoms with van der Waals surface area (Å²) in [5.74, 6) is 1.10. The molecule has 2 aromatic heterocycles. The molecule has 1 amide bonds. The van der Waals surface area contributed by atoms with Crippen LogP contribution in [-0.4, -0.2) is 40.2 Å². The minimum atomic E-state index is -0.138. The number of carbonyl (C=O) groups is 1. The van der Waals surface area contributed by atoms with E-state index in [1.54, 1.807) is 35.6 Å². The summed E-state index contributed by atoms with van der Waals surface area (Å²) >= 11 is 7.85. The third kappa shape index (κ3) is 4.03. The van der Waals surface area contributed by atoms with Gasteiger partial charge in [-0.25, -0.2) is 9.97 Å². The van der Waals surface area contributed by atoms with Crippen LogP contribution in [0.15, 0.2) is 49.1 Å². The number of imidazole rings is 1. The predicted molar refractivity (Wildman–Crippen MR) is 125 cm³/mol. The second-order valence-corrected chi connectivity index (χ2v) is 8.89. The van der Waals surface area contributed by atoms with E-state index in [1.165, 1.54) is 11.3 Å². The average molecular weight is 469 g/mol. The average Bonchev–Trinajstić information content (AvgIpc) is 3.49. The van der Waals surface area contributed by atoms with E-state index >= 15 is 0 Å². The van der Waals surface area contributed by atoms with Crippen molar-refractivity contribution in [2.75, 3.05) is 24.7 Å². The molecule has 0 fully saturated rings. The molecule has 0 spiro atoms. The van der Waals surface area contributed by atoms with Gasteiger partial charge in [-0.2, -0.15) is 0 Å². The van der Waals surface area contributed by atoms with E-state index in [2.05, 4.69) is 4.98 Å². The molecule has 0 bridgehead atoms. The van der Waals surface area contributed by atoms with Crippen LogP contribution in [0.25, 0.3) is 10.2 Å². The maximum atomic E-state index is 13.6. The lowest BCUT2D eigenvalue weighted by atomic mass is 10.1. The summed E-state index contributed by atoms with van der Waals surface area (Å²) in [5.41, 5.74) is 2.38. The molecule has 0 aliphatic carbocycles. The Kier molecular flexibility index (Phi) is 5.71. The second-order valence-electron chi connectivity index (χ2n) is 7.51. The molecule has 1 aliphatic rings. The summed E-state index contributed by atoms with van der Waals surface area (Å²) in [7, 11) is 0. The number of hydrogen-bond donors (Lipinski definition) is 0. The van der Waals surface area contributed by atoms with Gasteiger partial charge in [-0.1, -0.05) is 29.0 Å². The molecule has 0 saturated heterocycles. The lowest BCUT2D eigenvalue weighted by Gasteiger charge is -2.22. The third-order valence-electron chi connectivity index (χ3n) is 5.31. The number of fused-ring (bicyclic) bond motifs is 2. The van der Waals surface area contributed by atoms with Crippen molar-refractivity contribution in [3.8, 4) is 11.5 Å². The molecule has 164 valence electrons. The van der Waals surface area contributed by atoms with Crippen LogP contribution in [0, 0.1) is 6.92 Å². The van der Waals surface area contributed by atoms with Gasteiger partial charge < -0.3 is 14.0 Å². The Balaban J connectivity index is 1.48. The van der Waals surface area contributed by atoms with Crippen molar-refractivity contribution in [2.24, 2.45) is 0 Å². The van der Waals surface area contributed by atoms with Gasteiger partial charge >= 0.3 is 0 Å². The second kappa shape index (κ2) is 8.80. The topological polar surface area (TPSA) is 69.5 Å². The highest BCUT2D eigenvalue weighted by Gasteiger charge is 2.24. The van der Waals surface area contributed by atoms with Crippen molar-refractivity contribution in [1.82, 2.24) is 14.5 Å². The van der Waals surface area contributed by atoms with Gasteiger partial charge in [-0.15, -0.1) is 0 Å². The molecule has 32 heavy (non-hydrogen) atoms. The Labute approximate surface area is 194 Å². The standard InChI is InChI=1S/C23H21ClN4O3S/c1-15-3-5-17(24)21-20(15)26-23(32-21)28(9-2-8-27-10-7-25-14-27)22(29)16-4-6-18-19(13-16)31-12-11-30-18/h3-7,10,13-14H,2,8-9,11-12H2,1H3. The van der Waals surface area contributed by atoms with Crippen molar-refractivity contribution < 1.29 is 14.3 Å². The zero-order chi connectivity index (χ0) is 22.1. The highest BCUT2D eigenvalue weighted by Crippen LogP contribution is 2.37. The van der Waals surface area contributed by atoms with Crippen molar-refractivity contribution in [1.29, 1.82) is 0 Å². The normalized spacial score (nSPS) is 12.8. The van der Waals surface area contributed by atoms with E-state index in [4.69, 9.17) is 26.1 Å². The van der Waals surface area contributed by atoms with Crippen molar-refractivity contribution >= 4 is 44.2 Å². The Morgan fingerprint density at radius 3 is 2.84 bits per heavy atom. The van der Waals surface area contributed by atoms with E-state index in [9.17, 15) is 4.79 Å². The first-order valence-corrected chi connectivity index (χ1v) is 11.5. The largest absolute Gasteiger partial charge is 0.486 e. The lowest BCUT2D eigenvalue weighted by molar-refractivity contribution is 0.0985. The molecule has 0 saturated carbocycles. The van der Waals surface area contributed by atoms with Crippen molar-refractivity contribution in [3.05, 3.63) is 65.2 Å². The number of aromatic nitrogens is 3. The molecule has 0 unspecified atom stereocenters. The third-order valence-corrected chi connectivity index (χ3v) is 6.85.